The number of hydrogen-bond acceptors (Lipinski definition) is 7. The summed E-state index contributed by atoms with van der Waals surface area (Å²) in [6, 6.07) is 6.51. The van der Waals surface area contributed by atoms with Gasteiger partial charge < -0.3 is 24.5 Å². The Balaban J connectivity index is 2.16. The molecule has 1 amide bonds. The largest absolute Gasteiger partial charge is 0.497 e. The van der Waals surface area contributed by atoms with Crippen molar-refractivity contribution in [1.82, 2.24) is 9.97 Å². The van der Waals surface area contributed by atoms with E-state index >= 15 is 0 Å². The number of benzene rings is 1. The van der Waals surface area contributed by atoms with Gasteiger partial charge in [0.05, 0.1) is 37.5 Å². The van der Waals surface area contributed by atoms with Crippen molar-refractivity contribution in [3.63, 3.8) is 0 Å². The summed E-state index contributed by atoms with van der Waals surface area (Å²) in [7, 11) is 4.61. The van der Waals surface area contributed by atoms with Gasteiger partial charge in [0.2, 0.25) is 5.91 Å². The topological polar surface area (TPSA) is 103 Å². The first kappa shape index (κ1) is 20.8. The summed E-state index contributed by atoms with van der Waals surface area (Å²) in [4.78, 5) is 31.4. The zero-order valence-electron chi connectivity index (χ0n) is 15.7. The SMILES string of the molecule is CCC(Sc1nc(COC)cc(=O)[nH]1)C(=O)Nc1ccc(OC)cc1OC. The molecule has 0 saturated carbocycles. The van der Waals surface area contributed by atoms with Gasteiger partial charge in [0, 0.05) is 19.2 Å². The fourth-order valence-electron chi connectivity index (χ4n) is 2.33. The molecule has 1 heterocycles. The Morgan fingerprint density at radius 1 is 1.26 bits per heavy atom. The molecule has 1 aromatic heterocycles. The predicted octanol–water partition coefficient (Wildman–Crippen LogP) is 2.44. The van der Waals surface area contributed by atoms with Gasteiger partial charge >= 0.3 is 0 Å². The van der Waals surface area contributed by atoms with Crippen LogP contribution in [0.5, 0.6) is 11.5 Å². The van der Waals surface area contributed by atoms with Crippen LogP contribution >= 0.6 is 11.8 Å². The molecule has 8 nitrogen and oxygen atoms in total. The Hall–Kier alpha value is -2.52. The van der Waals surface area contributed by atoms with Crippen molar-refractivity contribution >= 4 is 23.4 Å². The highest BCUT2D eigenvalue weighted by molar-refractivity contribution is 8.00. The smallest absolute Gasteiger partial charge is 0.251 e. The molecule has 2 rings (SSSR count). The van der Waals surface area contributed by atoms with Gasteiger partial charge in [0.25, 0.3) is 5.56 Å². The number of thioether (sulfide) groups is 1. The minimum atomic E-state index is -0.447. The molecule has 0 aliphatic rings. The number of H-pyrrole nitrogens is 1. The summed E-state index contributed by atoms with van der Waals surface area (Å²) in [6.07, 6.45) is 0.549. The number of anilines is 1. The van der Waals surface area contributed by atoms with Gasteiger partial charge in [0.1, 0.15) is 11.5 Å². The van der Waals surface area contributed by atoms with E-state index in [9.17, 15) is 9.59 Å². The number of nitrogens with one attached hydrogen (secondary N) is 2. The van der Waals surface area contributed by atoms with Gasteiger partial charge in [0.15, 0.2) is 5.16 Å². The number of carbonyl (C=O) groups is 1. The molecule has 2 aromatic rings. The highest BCUT2D eigenvalue weighted by Crippen LogP contribution is 2.30. The second-order valence-electron chi connectivity index (χ2n) is 5.55. The van der Waals surface area contributed by atoms with E-state index < -0.39 is 5.25 Å². The van der Waals surface area contributed by atoms with Crippen molar-refractivity contribution in [2.45, 2.75) is 30.4 Å². The van der Waals surface area contributed by atoms with Crippen LogP contribution in [0.25, 0.3) is 0 Å². The van der Waals surface area contributed by atoms with E-state index in [0.29, 0.717) is 34.5 Å². The van der Waals surface area contributed by atoms with Gasteiger partial charge in [-0.05, 0) is 18.6 Å². The molecule has 0 aliphatic carbocycles. The summed E-state index contributed by atoms with van der Waals surface area (Å²) in [5, 5.41) is 2.78. The average molecular weight is 393 g/mol. The van der Waals surface area contributed by atoms with Crippen LogP contribution in [0.2, 0.25) is 0 Å². The first-order valence-corrected chi connectivity index (χ1v) is 9.17. The number of aromatic amines is 1. The summed E-state index contributed by atoms with van der Waals surface area (Å²) in [5.74, 6) is 0.907. The molecular formula is C18H23N3O5S. The Labute approximate surface area is 161 Å². The summed E-state index contributed by atoms with van der Waals surface area (Å²) >= 11 is 1.19. The van der Waals surface area contributed by atoms with Crippen LogP contribution in [-0.4, -0.2) is 42.5 Å². The molecule has 2 N–H and O–H groups in total. The van der Waals surface area contributed by atoms with Crippen LogP contribution < -0.4 is 20.3 Å². The van der Waals surface area contributed by atoms with Crippen LogP contribution in [0.4, 0.5) is 5.69 Å². The van der Waals surface area contributed by atoms with E-state index in [-0.39, 0.29) is 18.1 Å². The quantitative estimate of drug-likeness (QED) is 0.498. The van der Waals surface area contributed by atoms with Gasteiger partial charge in [-0.15, -0.1) is 0 Å². The summed E-state index contributed by atoms with van der Waals surface area (Å²) in [5.41, 5.74) is 0.763. The van der Waals surface area contributed by atoms with Crippen molar-refractivity contribution in [3.05, 3.63) is 40.3 Å². The minimum absolute atomic E-state index is 0.217. The molecule has 9 heteroatoms. The molecule has 1 unspecified atom stereocenters. The standard InChI is InChI=1S/C18H23N3O5S/c1-5-15(27-18-19-11(10-24-2)8-16(22)21-18)17(23)20-13-7-6-12(25-3)9-14(13)26-4/h6-9,15H,5,10H2,1-4H3,(H,20,23)(H,19,21,22). The van der Waals surface area contributed by atoms with Gasteiger partial charge in [-0.2, -0.15) is 0 Å². The molecule has 146 valence electrons. The van der Waals surface area contributed by atoms with Crippen molar-refractivity contribution in [2.24, 2.45) is 0 Å². The number of methoxy groups -OCH3 is 3. The minimum Gasteiger partial charge on any atom is -0.497 e. The van der Waals surface area contributed by atoms with E-state index in [1.54, 1.807) is 25.3 Å². The van der Waals surface area contributed by atoms with E-state index in [1.807, 2.05) is 6.92 Å². The number of hydrogen-bond donors (Lipinski definition) is 2. The molecule has 27 heavy (non-hydrogen) atoms. The van der Waals surface area contributed by atoms with Crippen molar-refractivity contribution in [1.29, 1.82) is 0 Å². The number of amides is 1. The average Bonchev–Trinajstić information content (AvgIpc) is 2.66. The monoisotopic (exact) mass is 393 g/mol. The Morgan fingerprint density at radius 3 is 2.67 bits per heavy atom. The third-order valence-electron chi connectivity index (χ3n) is 3.65. The molecule has 1 atom stereocenters. The summed E-state index contributed by atoms with van der Waals surface area (Å²) in [6.45, 7) is 2.11. The molecule has 0 bridgehead atoms. The van der Waals surface area contributed by atoms with Crippen LogP contribution in [-0.2, 0) is 16.1 Å². The van der Waals surface area contributed by atoms with Gasteiger partial charge in [-0.1, -0.05) is 18.7 Å². The van der Waals surface area contributed by atoms with Crippen LogP contribution in [0, 0.1) is 0 Å². The fourth-order valence-corrected chi connectivity index (χ4v) is 3.26. The lowest BCUT2D eigenvalue weighted by Crippen LogP contribution is -2.25. The van der Waals surface area contributed by atoms with Crippen molar-refractivity contribution < 1.29 is 19.0 Å². The van der Waals surface area contributed by atoms with Crippen molar-refractivity contribution in [3.8, 4) is 11.5 Å². The lowest BCUT2D eigenvalue weighted by molar-refractivity contribution is -0.115. The normalized spacial score (nSPS) is 11.7. The first-order valence-electron chi connectivity index (χ1n) is 8.29. The Bertz CT molecular complexity index is 840. The maximum Gasteiger partial charge on any atom is 0.251 e. The van der Waals surface area contributed by atoms with Crippen molar-refractivity contribution in [2.75, 3.05) is 26.6 Å². The van der Waals surface area contributed by atoms with E-state index in [1.165, 1.54) is 32.0 Å². The lowest BCUT2D eigenvalue weighted by Gasteiger charge is -2.16. The van der Waals surface area contributed by atoms with Gasteiger partial charge in [-0.3, -0.25) is 9.59 Å². The molecule has 0 radical (unpaired) electrons. The van der Waals surface area contributed by atoms with E-state index in [0.717, 1.165) is 0 Å². The Kier molecular flexibility index (Phi) is 7.68. The zero-order valence-corrected chi connectivity index (χ0v) is 16.5. The number of aromatic nitrogens is 2. The maximum atomic E-state index is 12.7. The molecule has 0 aliphatic heterocycles. The van der Waals surface area contributed by atoms with Crippen LogP contribution in [0.3, 0.4) is 0 Å². The lowest BCUT2D eigenvalue weighted by atomic mass is 10.2. The highest BCUT2D eigenvalue weighted by atomic mass is 32.2. The number of ether oxygens (including phenoxy) is 3. The third kappa shape index (κ3) is 5.73. The molecular weight excluding hydrogens is 370 g/mol. The second kappa shape index (κ2) is 9.98. The fraction of sp³-hybridized carbons (Fsp3) is 0.389. The van der Waals surface area contributed by atoms with Crippen LogP contribution in [0.1, 0.15) is 19.0 Å². The Morgan fingerprint density at radius 2 is 2.04 bits per heavy atom. The maximum absolute atomic E-state index is 12.7. The van der Waals surface area contributed by atoms with E-state index in [4.69, 9.17) is 14.2 Å². The third-order valence-corrected chi connectivity index (χ3v) is 4.90. The molecule has 0 saturated heterocycles. The number of rotatable bonds is 9. The highest BCUT2D eigenvalue weighted by Gasteiger charge is 2.21. The zero-order chi connectivity index (χ0) is 19.8. The van der Waals surface area contributed by atoms with E-state index in [2.05, 4.69) is 15.3 Å². The molecule has 1 aromatic carbocycles. The van der Waals surface area contributed by atoms with Gasteiger partial charge in [-0.25, -0.2) is 4.98 Å². The predicted molar refractivity (Wildman–Crippen MR) is 104 cm³/mol. The second-order valence-corrected chi connectivity index (χ2v) is 6.74. The molecule has 0 fully saturated rings. The summed E-state index contributed by atoms with van der Waals surface area (Å²) < 4.78 is 15.5. The number of nitrogens with zero attached hydrogens (tertiary/aromatic N) is 1. The first-order chi connectivity index (χ1) is 13.0. The number of carbonyl (C=O) groups excluding carboxylic acids is 1. The molecule has 0 spiro atoms. The van der Waals surface area contributed by atoms with Crippen LogP contribution in [0.15, 0.2) is 34.2 Å².